The van der Waals surface area contributed by atoms with Crippen LogP contribution in [0.3, 0.4) is 0 Å². The van der Waals surface area contributed by atoms with Crippen LogP contribution in [0.4, 0.5) is 0 Å². The number of hydrogen-bond acceptors (Lipinski definition) is 4. The Balaban J connectivity index is 1.89. The highest BCUT2D eigenvalue weighted by Gasteiger charge is 2.27. The third-order valence-corrected chi connectivity index (χ3v) is 4.77. The molecule has 1 aromatic heterocycles. The minimum absolute atomic E-state index is 0.282. The van der Waals surface area contributed by atoms with Crippen molar-refractivity contribution in [3.8, 4) is 0 Å². The van der Waals surface area contributed by atoms with Gasteiger partial charge in [-0.25, -0.2) is 0 Å². The zero-order chi connectivity index (χ0) is 17.6. The van der Waals surface area contributed by atoms with E-state index in [1.54, 1.807) is 31.7 Å². The Morgan fingerprint density at radius 1 is 1.21 bits per heavy atom. The predicted octanol–water partition coefficient (Wildman–Crippen LogP) is 3.80. The number of amides is 1. The molecule has 0 saturated carbocycles. The van der Waals surface area contributed by atoms with Gasteiger partial charge in [0.2, 0.25) is 0 Å². The minimum Gasteiger partial charge on any atom is -0.481 e. The predicted molar refractivity (Wildman–Crippen MR) is 93.1 cm³/mol. The van der Waals surface area contributed by atoms with Crippen molar-refractivity contribution in [2.75, 3.05) is 6.54 Å². The fraction of sp³-hybridized carbons (Fsp3) is 0.333. The molecule has 0 aliphatic heterocycles. The lowest BCUT2D eigenvalue weighted by atomic mass is 9.90. The van der Waals surface area contributed by atoms with E-state index in [1.165, 1.54) is 6.26 Å². The van der Waals surface area contributed by atoms with Crippen LogP contribution in [0, 0.1) is 5.41 Å². The van der Waals surface area contributed by atoms with Crippen molar-refractivity contribution in [2.45, 2.75) is 30.9 Å². The topological polar surface area (TPSA) is 79.5 Å². The summed E-state index contributed by atoms with van der Waals surface area (Å²) in [5, 5.41) is 11.8. The average Bonchev–Trinajstić information content (AvgIpc) is 3.02. The molecule has 2 N–H and O–H groups in total. The first-order valence-corrected chi connectivity index (χ1v) is 8.64. The quantitative estimate of drug-likeness (QED) is 0.710. The smallest absolute Gasteiger partial charge is 0.309 e. The van der Waals surface area contributed by atoms with E-state index in [0.29, 0.717) is 12.2 Å². The molecule has 5 nitrogen and oxygen atoms in total. The lowest BCUT2D eigenvalue weighted by Crippen LogP contribution is -2.32. The summed E-state index contributed by atoms with van der Waals surface area (Å²) >= 11 is 1.62. The van der Waals surface area contributed by atoms with E-state index in [0.717, 1.165) is 10.5 Å². The summed E-state index contributed by atoms with van der Waals surface area (Å²) in [6.07, 6.45) is 1.85. The van der Waals surface area contributed by atoms with E-state index in [1.807, 2.05) is 30.3 Å². The van der Waals surface area contributed by atoms with E-state index < -0.39 is 11.4 Å². The van der Waals surface area contributed by atoms with Crippen LogP contribution in [0.15, 0.2) is 52.0 Å². The first-order chi connectivity index (χ1) is 11.4. The SMILES string of the molecule is CC(C)(CCNC(=O)c1occc1CSc1ccccc1)C(=O)O. The molecule has 0 radical (unpaired) electrons. The van der Waals surface area contributed by atoms with Crippen LogP contribution in [-0.4, -0.2) is 23.5 Å². The van der Waals surface area contributed by atoms with E-state index in [-0.39, 0.29) is 18.2 Å². The van der Waals surface area contributed by atoms with Gasteiger partial charge < -0.3 is 14.8 Å². The standard InChI is InChI=1S/C18H21NO4S/c1-18(2,17(21)22)9-10-19-16(20)15-13(8-11-23-15)12-24-14-6-4-3-5-7-14/h3-8,11H,9-10,12H2,1-2H3,(H,19,20)(H,21,22). The molecule has 0 spiro atoms. The Morgan fingerprint density at radius 2 is 1.92 bits per heavy atom. The van der Waals surface area contributed by atoms with E-state index in [9.17, 15) is 9.59 Å². The first kappa shape index (κ1) is 18.1. The number of aliphatic carboxylic acids is 1. The van der Waals surface area contributed by atoms with Gasteiger partial charge >= 0.3 is 5.97 Å². The van der Waals surface area contributed by atoms with Crippen molar-refractivity contribution in [1.29, 1.82) is 0 Å². The van der Waals surface area contributed by atoms with Gasteiger partial charge in [0.15, 0.2) is 5.76 Å². The Hall–Kier alpha value is -2.21. The third-order valence-electron chi connectivity index (χ3n) is 3.71. The molecule has 0 aliphatic carbocycles. The van der Waals surface area contributed by atoms with Crippen LogP contribution in [0.1, 0.15) is 36.4 Å². The van der Waals surface area contributed by atoms with Crippen molar-refractivity contribution in [1.82, 2.24) is 5.32 Å². The van der Waals surface area contributed by atoms with Crippen molar-refractivity contribution in [2.24, 2.45) is 5.41 Å². The fourth-order valence-corrected chi connectivity index (χ4v) is 2.90. The molecule has 6 heteroatoms. The summed E-state index contributed by atoms with van der Waals surface area (Å²) in [5.74, 6) is -0.282. The molecule has 0 saturated heterocycles. The van der Waals surface area contributed by atoms with Crippen LogP contribution < -0.4 is 5.32 Å². The van der Waals surface area contributed by atoms with Gasteiger partial charge in [-0.3, -0.25) is 9.59 Å². The number of furan rings is 1. The molecule has 0 bridgehead atoms. The van der Waals surface area contributed by atoms with Gasteiger partial charge in [0.05, 0.1) is 11.7 Å². The van der Waals surface area contributed by atoms with Gasteiger partial charge in [-0.05, 0) is 38.5 Å². The second-order valence-corrected chi connectivity index (χ2v) is 7.12. The number of hydrogen-bond donors (Lipinski definition) is 2. The molecule has 0 fully saturated rings. The molecular formula is C18H21NO4S. The van der Waals surface area contributed by atoms with Gasteiger partial charge in [-0.2, -0.15) is 0 Å². The minimum atomic E-state index is -0.880. The summed E-state index contributed by atoms with van der Waals surface area (Å²) in [4.78, 5) is 24.4. The number of carbonyl (C=O) groups is 2. The molecule has 1 aromatic carbocycles. The maximum atomic E-state index is 12.2. The Labute approximate surface area is 145 Å². The molecule has 0 atom stereocenters. The third kappa shape index (κ3) is 4.89. The summed E-state index contributed by atoms with van der Waals surface area (Å²) in [6, 6.07) is 11.7. The Bertz CT molecular complexity index is 694. The average molecular weight is 347 g/mol. The number of nitrogens with one attached hydrogen (secondary N) is 1. The molecule has 0 aliphatic rings. The van der Waals surface area contributed by atoms with Crippen molar-refractivity contribution in [3.05, 3.63) is 54.0 Å². The monoisotopic (exact) mass is 347 g/mol. The normalized spacial score (nSPS) is 11.2. The summed E-state index contributed by atoms with van der Waals surface area (Å²) in [5.41, 5.74) is -0.0542. The molecular weight excluding hydrogens is 326 g/mol. The number of carbonyl (C=O) groups excluding carboxylic acids is 1. The maximum absolute atomic E-state index is 12.2. The van der Waals surface area contributed by atoms with E-state index in [4.69, 9.17) is 9.52 Å². The largest absolute Gasteiger partial charge is 0.481 e. The lowest BCUT2D eigenvalue weighted by Gasteiger charge is -2.18. The Morgan fingerprint density at radius 3 is 2.58 bits per heavy atom. The molecule has 2 rings (SSSR count). The highest BCUT2D eigenvalue weighted by atomic mass is 32.2. The number of benzene rings is 1. The van der Waals surface area contributed by atoms with Gasteiger partial charge in [0, 0.05) is 22.8 Å². The van der Waals surface area contributed by atoms with Crippen molar-refractivity contribution < 1.29 is 19.1 Å². The van der Waals surface area contributed by atoms with Crippen molar-refractivity contribution >= 4 is 23.6 Å². The highest BCUT2D eigenvalue weighted by Crippen LogP contribution is 2.25. The summed E-state index contributed by atoms with van der Waals surface area (Å²) in [7, 11) is 0. The van der Waals surface area contributed by atoms with Crippen LogP contribution in [-0.2, 0) is 10.5 Å². The number of rotatable bonds is 8. The highest BCUT2D eigenvalue weighted by molar-refractivity contribution is 7.98. The fourth-order valence-electron chi connectivity index (χ4n) is 2.00. The number of thioether (sulfide) groups is 1. The Kier molecular flexibility index (Phi) is 6.09. The van der Waals surface area contributed by atoms with Crippen LogP contribution >= 0.6 is 11.8 Å². The molecule has 1 amide bonds. The molecule has 24 heavy (non-hydrogen) atoms. The van der Waals surface area contributed by atoms with Gasteiger partial charge in [-0.15, -0.1) is 11.8 Å². The molecule has 1 heterocycles. The van der Waals surface area contributed by atoms with Crippen LogP contribution in [0.2, 0.25) is 0 Å². The first-order valence-electron chi connectivity index (χ1n) is 7.66. The molecule has 128 valence electrons. The van der Waals surface area contributed by atoms with Gasteiger partial charge in [-0.1, -0.05) is 18.2 Å². The zero-order valence-electron chi connectivity index (χ0n) is 13.7. The van der Waals surface area contributed by atoms with Gasteiger partial charge in [0.25, 0.3) is 5.91 Å². The zero-order valence-corrected chi connectivity index (χ0v) is 14.6. The second-order valence-electron chi connectivity index (χ2n) is 6.07. The van der Waals surface area contributed by atoms with Crippen LogP contribution in [0.25, 0.3) is 0 Å². The summed E-state index contributed by atoms with van der Waals surface area (Å²) in [6.45, 7) is 3.55. The van der Waals surface area contributed by atoms with E-state index in [2.05, 4.69) is 5.32 Å². The molecule has 2 aromatic rings. The molecule has 0 unspecified atom stereocenters. The number of carboxylic acids is 1. The second kappa shape index (κ2) is 8.06. The van der Waals surface area contributed by atoms with E-state index >= 15 is 0 Å². The van der Waals surface area contributed by atoms with Crippen molar-refractivity contribution in [3.63, 3.8) is 0 Å². The number of carboxylic acid groups (broad SMARTS) is 1. The maximum Gasteiger partial charge on any atom is 0.309 e. The lowest BCUT2D eigenvalue weighted by molar-refractivity contribution is -0.147. The summed E-state index contributed by atoms with van der Waals surface area (Å²) < 4.78 is 5.30. The van der Waals surface area contributed by atoms with Gasteiger partial charge in [0.1, 0.15) is 0 Å². The van der Waals surface area contributed by atoms with Crippen LogP contribution in [0.5, 0.6) is 0 Å².